The summed E-state index contributed by atoms with van der Waals surface area (Å²) in [7, 11) is 0. The molecule has 0 spiro atoms. The number of nitrogens with two attached hydrogens (primary N) is 1. The van der Waals surface area contributed by atoms with E-state index in [0.29, 0.717) is 0 Å². The van der Waals surface area contributed by atoms with Gasteiger partial charge in [0.1, 0.15) is 0 Å². The molecule has 0 radical (unpaired) electrons. The van der Waals surface area contributed by atoms with Gasteiger partial charge >= 0.3 is 0 Å². The van der Waals surface area contributed by atoms with Crippen LogP contribution >= 0.6 is 27.7 Å². The quantitative estimate of drug-likeness (QED) is 0.471. The summed E-state index contributed by atoms with van der Waals surface area (Å²) in [4.78, 5) is 1.29. The van der Waals surface area contributed by atoms with Crippen molar-refractivity contribution in [3.63, 3.8) is 0 Å². The van der Waals surface area contributed by atoms with Crippen molar-refractivity contribution in [2.24, 2.45) is 5.84 Å². The molecule has 1 unspecified atom stereocenters. The van der Waals surface area contributed by atoms with E-state index >= 15 is 0 Å². The molecule has 0 saturated carbocycles. The number of rotatable bonds is 6. The smallest absolute Gasteiger partial charge is 0.0344 e. The molecule has 106 valence electrons. The Hall–Kier alpha value is -0.810. The van der Waals surface area contributed by atoms with E-state index in [1.807, 2.05) is 11.8 Å². The molecule has 0 aromatic heterocycles. The van der Waals surface area contributed by atoms with Gasteiger partial charge in [0.2, 0.25) is 0 Å². The Bertz CT molecular complexity index is 542. The summed E-state index contributed by atoms with van der Waals surface area (Å²) in [5, 5.41) is 0. The van der Waals surface area contributed by atoms with Gasteiger partial charge in [-0.2, -0.15) is 0 Å². The Morgan fingerprint density at radius 3 is 2.60 bits per heavy atom. The summed E-state index contributed by atoms with van der Waals surface area (Å²) < 4.78 is 1.10. The van der Waals surface area contributed by atoms with Crippen molar-refractivity contribution >= 4 is 27.7 Å². The molecule has 0 amide bonds. The topological polar surface area (TPSA) is 38.0 Å². The molecule has 3 N–H and O–H groups in total. The number of hydrogen-bond acceptors (Lipinski definition) is 3. The maximum absolute atomic E-state index is 5.67. The van der Waals surface area contributed by atoms with Gasteiger partial charge < -0.3 is 0 Å². The maximum atomic E-state index is 5.67. The number of aryl methyl sites for hydroxylation is 1. The lowest BCUT2D eigenvalue weighted by molar-refractivity contribution is 0.575. The van der Waals surface area contributed by atoms with Crippen LogP contribution in [0.5, 0.6) is 0 Å². The summed E-state index contributed by atoms with van der Waals surface area (Å²) in [5.41, 5.74) is 5.50. The van der Waals surface area contributed by atoms with Crippen molar-refractivity contribution in [2.75, 3.05) is 5.75 Å². The largest absolute Gasteiger partial charge is 0.271 e. The molecule has 2 aromatic rings. The predicted octanol–water partition coefficient (Wildman–Crippen LogP) is 3.92. The molecule has 2 nitrogen and oxygen atoms in total. The molecule has 0 aliphatic rings. The van der Waals surface area contributed by atoms with Crippen LogP contribution in [-0.4, -0.2) is 11.8 Å². The van der Waals surface area contributed by atoms with Crippen LogP contribution in [0.3, 0.4) is 0 Å². The number of hydrazine groups is 1. The van der Waals surface area contributed by atoms with Crippen molar-refractivity contribution in [3.8, 4) is 0 Å². The maximum Gasteiger partial charge on any atom is 0.0344 e. The Kier molecular flexibility index (Phi) is 6.10. The van der Waals surface area contributed by atoms with Crippen LogP contribution in [0, 0.1) is 6.92 Å². The molecule has 0 aliphatic heterocycles. The lowest BCUT2D eigenvalue weighted by atomic mass is 10.1. The van der Waals surface area contributed by atoms with Gasteiger partial charge in [-0.15, -0.1) is 11.8 Å². The molecule has 2 rings (SSSR count). The molecular weight excluding hydrogens is 332 g/mol. The zero-order valence-electron chi connectivity index (χ0n) is 11.5. The first-order valence-corrected chi connectivity index (χ1v) is 8.35. The molecule has 1 atom stereocenters. The highest BCUT2D eigenvalue weighted by atomic mass is 79.9. The summed E-state index contributed by atoms with van der Waals surface area (Å²) in [6.07, 6.45) is 0.933. The molecule has 0 heterocycles. The van der Waals surface area contributed by atoms with Gasteiger partial charge in [-0.05, 0) is 43.2 Å². The van der Waals surface area contributed by atoms with E-state index in [1.54, 1.807) is 0 Å². The molecule has 4 heteroatoms. The van der Waals surface area contributed by atoms with Crippen LogP contribution in [0.15, 0.2) is 57.9 Å². The fourth-order valence-electron chi connectivity index (χ4n) is 1.97. The van der Waals surface area contributed by atoms with Gasteiger partial charge in [0.15, 0.2) is 0 Å². The normalized spacial score (nSPS) is 12.3. The second-order valence-electron chi connectivity index (χ2n) is 4.82. The van der Waals surface area contributed by atoms with Gasteiger partial charge in [0.25, 0.3) is 0 Å². The third kappa shape index (κ3) is 4.94. The van der Waals surface area contributed by atoms with Gasteiger partial charge in [-0.3, -0.25) is 11.3 Å². The minimum Gasteiger partial charge on any atom is -0.271 e. The Morgan fingerprint density at radius 2 is 1.95 bits per heavy atom. The first-order valence-electron chi connectivity index (χ1n) is 6.57. The molecule has 0 saturated heterocycles. The van der Waals surface area contributed by atoms with E-state index in [1.165, 1.54) is 16.0 Å². The number of thioether (sulfide) groups is 1. The standard InChI is InChI=1S/C16H19BrN2S/c1-12-3-2-4-16(9-12)20-11-15(19-18)10-13-5-7-14(17)8-6-13/h2-9,15,19H,10-11,18H2,1H3. The highest BCUT2D eigenvalue weighted by Crippen LogP contribution is 2.21. The van der Waals surface area contributed by atoms with Crippen LogP contribution in [0.2, 0.25) is 0 Å². The zero-order chi connectivity index (χ0) is 14.4. The first kappa shape index (κ1) is 15.6. The lowest BCUT2D eigenvalue weighted by Gasteiger charge is -2.15. The second-order valence-corrected chi connectivity index (χ2v) is 6.83. The zero-order valence-corrected chi connectivity index (χ0v) is 13.9. The van der Waals surface area contributed by atoms with Crippen LogP contribution in [0.4, 0.5) is 0 Å². The average Bonchev–Trinajstić information content (AvgIpc) is 2.45. The lowest BCUT2D eigenvalue weighted by Crippen LogP contribution is -2.38. The molecular formula is C16H19BrN2S. The average molecular weight is 351 g/mol. The minimum atomic E-state index is 0.265. The van der Waals surface area contributed by atoms with Crippen molar-refractivity contribution in [1.29, 1.82) is 0 Å². The van der Waals surface area contributed by atoms with Gasteiger partial charge in [0, 0.05) is 21.2 Å². The van der Waals surface area contributed by atoms with Gasteiger partial charge in [0.05, 0.1) is 0 Å². The predicted molar refractivity (Wildman–Crippen MR) is 90.9 cm³/mol. The van der Waals surface area contributed by atoms with Gasteiger partial charge in [-0.25, -0.2) is 0 Å². The van der Waals surface area contributed by atoms with Crippen molar-refractivity contribution < 1.29 is 0 Å². The van der Waals surface area contributed by atoms with Gasteiger partial charge in [-0.1, -0.05) is 45.8 Å². The van der Waals surface area contributed by atoms with E-state index in [2.05, 4.69) is 76.8 Å². The summed E-state index contributed by atoms with van der Waals surface area (Å²) >= 11 is 5.29. The summed E-state index contributed by atoms with van der Waals surface area (Å²) in [5.74, 6) is 6.63. The van der Waals surface area contributed by atoms with Crippen LogP contribution in [-0.2, 0) is 6.42 Å². The fraction of sp³-hybridized carbons (Fsp3) is 0.250. The number of hydrogen-bond donors (Lipinski definition) is 2. The van der Waals surface area contributed by atoms with Crippen molar-refractivity contribution in [3.05, 3.63) is 64.1 Å². The Balaban J connectivity index is 1.90. The number of halogens is 1. The fourth-order valence-corrected chi connectivity index (χ4v) is 3.29. The number of nitrogens with one attached hydrogen (secondary N) is 1. The molecule has 2 aromatic carbocycles. The van der Waals surface area contributed by atoms with E-state index in [0.717, 1.165) is 16.6 Å². The third-order valence-electron chi connectivity index (χ3n) is 3.07. The van der Waals surface area contributed by atoms with E-state index in [4.69, 9.17) is 5.84 Å². The molecule has 0 bridgehead atoms. The van der Waals surface area contributed by atoms with E-state index in [-0.39, 0.29) is 6.04 Å². The highest BCUT2D eigenvalue weighted by molar-refractivity contribution is 9.10. The van der Waals surface area contributed by atoms with Crippen LogP contribution < -0.4 is 11.3 Å². The van der Waals surface area contributed by atoms with E-state index < -0.39 is 0 Å². The molecule has 20 heavy (non-hydrogen) atoms. The first-order chi connectivity index (χ1) is 9.67. The van der Waals surface area contributed by atoms with E-state index in [9.17, 15) is 0 Å². The van der Waals surface area contributed by atoms with Crippen molar-refractivity contribution in [2.45, 2.75) is 24.3 Å². The summed E-state index contributed by atoms with van der Waals surface area (Å²) in [6, 6.07) is 17.2. The monoisotopic (exact) mass is 350 g/mol. The molecule has 0 fully saturated rings. The summed E-state index contributed by atoms with van der Waals surface area (Å²) in [6.45, 7) is 2.12. The number of benzene rings is 2. The van der Waals surface area contributed by atoms with Crippen molar-refractivity contribution in [1.82, 2.24) is 5.43 Å². The van der Waals surface area contributed by atoms with Crippen LogP contribution in [0.1, 0.15) is 11.1 Å². The molecule has 0 aliphatic carbocycles. The van der Waals surface area contributed by atoms with Crippen LogP contribution in [0.25, 0.3) is 0 Å². The Morgan fingerprint density at radius 1 is 1.20 bits per heavy atom. The third-order valence-corrected chi connectivity index (χ3v) is 4.76. The SMILES string of the molecule is Cc1cccc(SCC(Cc2ccc(Br)cc2)NN)c1. The Labute approximate surface area is 133 Å². The second kappa shape index (κ2) is 7.84. The minimum absolute atomic E-state index is 0.265. The highest BCUT2D eigenvalue weighted by Gasteiger charge is 2.08.